The summed E-state index contributed by atoms with van der Waals surface area (Å²) in [5.74, 6) is 0.722. The van der Waals surface area contributed by atoms with Crippen LogP contribution < -0.4 is 4.74 Å². The van der Waals surface area contributed by atoms with Crippen LogP contribution in [0.4, 0.5) is 0 Å². The predicted octanol–water partition coefficient (Wildman–Crippen LogP) is 2.39. The summed E-state index contributed by atoms with van der Waals surface area (Å²) in [4.78, 5) is 10.6. The number of likely N-dealkylation sites (tertiary alicyclic amines) is 1. The molecule has 1 fully saturated rings. The van der Waals surface area contributed by atoms with Gasteiger partial charge in [0, 0.05) is 31.5 Å². The van der Waals surface area contributed by atoms with E-state index in [1.165, 1.54) is 12.8 Å². The Morgan fingerprint density at radius 1 is 1.11 bits per heavy atom. The quantitative estimate of drug-likeness (QED) is 0.735. The number of rotatable bonds is 1. The van der Waals surface area contributed by atoms with Crippen LogP contribution >= 0.6 is 12.2 Å². The first-order chi connectivity index (χ1) is 8.83. The molecule has 0 unspecified atom stereocenters. The van der Waals surface area contributed by atoms with Crippen LogP contribution in [0.5, 0.6) is 5.75 Å². The maximum atomic E-state index is 5.70. The third kappa shape index (κ3) is 2.26. The molecule has 1 saturated heterocycles. The van der Waals surface area contributed by atoms with Gasteiger partial charge in [0.15, 0.2) is 0 Å². The first kappa shape index (κ1) is 11.3. The first-order valence-corrected chi connectivity index (χ1v) is 6.41. The van der Waals surface area contributed by atoms with E-state index >= 15 is 0 Å². The van der Waals surface area contributed by atoms with E-state index < -0.39 is 0 Å². The Hall–Kier alpha value is -1.75. The largest absolute Gasteiger partial charge is 0.432 e. The van der Waals surface area contributed by atoms with Crippen LogP contribution in [-0.4, -0.2) is 33.1 Å². The predicted molar refractivity (Wildman–Crippen MR) is 73.6 cm³/mol. The zero-order valence-corrected chi connectivity index (χ0v) is 10.7. The average Bonchev–Trinajstić information content (AvgIpc) is 2.92. The van der Waals surface area contributed by atoms with Gasteiger partial charge in [0.05, 0.1) is 11.0 Å². The lowest BCUT2D eigenvalue weighted by Gasteiger charge is -2.18. The zero-order valence-electron chi connectivity index (χ0n) is 9.87. The molecule has 0 spiro atoms. The highest BCUT2D eigenvalue weighted by Gasteiger charge is 2.16. The Morgan fingerprint density at radius 2 is 1.83 bits per heavy atom. The fraction of sp³-hybridized carbons (Fsp3) is 0.308. The molecule has 0 atom stereocenters. The second-order valence-corrected chi connectivity index (χ2v) is 4.62. The first-order valence-electron chi connectivity index (χ1n) is 6.00. The van der Waals surface area contributed by atoms with Gasteiger partial charge in [0.25, 0.3) is 5.17 Å². The van der Waals surface area contributed by atoms with Crippen LogP contribution in [0, 0.1) is 0 Å². The number of aromatic nitrogens is 2. The number of hydrogen-bond donors (Lipinski definition) is 0. The maximum Gasteiger partial charge on any atom is 0.264 e. The van der Waals surface area contributed by atoms with E-state index in [0.29, 0.717) is 5.17 Å². The topological polar surface area (TPSA) is 38.3 Å². The Morgan fingerprint density at radius 3 is 2.61 bits per heavy atom. The molecule has 0 saturated carbocycles. The van der Waals surface area contributed by atoms with E-state index in [1.807, 2.05) is 18.2 Å². The molecule has 0 radical (unpaired) electrons. The van der Waals surface area contributed by atoms with Gasteiger partial charge in [-0.1, -0.05) is 0 Å². The highest BCUT2D eigenvalue weighted by Crippen LogP contribution is 2.19. The van der Waals surface area contributed by atoms with Crippen LogP contribution in [0.15, 0.2) is 30.6 Å². The van der Waals surface area contributed by atoms with Gasteiger partial charge < -0.3 is 9.64 Å². The van der Waals surface area contributed by atoms with E-state index in [9.17, 15) is 0 Å². The lowest BCUT2D eigenvalue weighted by Crippen LogP contribution is -2.30. The third-order valence-electron chi connectivity index (χ3n) is 3.01. The summed E-state index contributed by atoms with van der Waals surface area (Å²) < 4.78 is 5.70. The normalized spacial score (nSPS) is 15.0. The second kappa shape index (κ2) is 4.86. The summed E-state index contributed by atoms with van der Waals surface area (Å²) in [5, 5.41) is 0.552. The number of ether oxygens (including phenoxy) is 1. The Kier molecular flexibility index (Phi) is 3.06. The summed E-state index contributed by atoms with van der Waals surface area (Å²) in [6.07, 6.45) is 5.72. The van der Waals surface area contributed by atoms with Crippen molar-refractivity contribution in [1.82, 2.24) is 14.9 Å². The van der Waals surface area contributed by atoms with Gasteiger partial charge in [-0.15, -0.1) is 0 Å². The standard InChI is InChI=1S/C13H13N3OS/c18-13(16-7-1-2-8-16)17-10-3-4-11-12(9-10)15-6-5-14-11/h3-6,9H,1-2,7-8H2. The molecule has 92 valence electrons. The van der Waals surface area contributed by atoms with Gasteiger partial charge in [-0.05, 0) is 37.2 Å². The molecule has 1 aliphatic rings. The van der Waals surface area contributed by atoms with Crippen molar-refractivity contribution in [2.24, 2.45) is 0 Å². The van der Waals surface area contributed by atoms with Gasteiger partial charge in [0.1, 0.15) is 5.75 Å². The van der Waals surface area contributed by atoms with Crippen molar-refractivity contribution in [3.63, 3.8) is 0 Å². The van der Waals surface area contributed by atoms with Crippen molar-refractivity contribution in [2.75, 3.05) is 13.1 Å². The molecular formula is C13H13N3OS. The Balaban J connectivity index is 1.79. The molecule has 18 heavy (non-hydrogen) atoms. The lowest BCUT2D eigenvalue weighted by atomic mass is 10.3. The van der Waals surface area contributed by atoms with Crippen LogP contribution in [0.2, 0.25) is 0 Å². The van der Waals surface area contributed by atoms with Gasteiger partial charge >= 0.3 is 0 Å². The molecule has 1 aromatic carbocycles. The summed E-state index contributed by atoms with van der Waals surface area (Å²) >= 11 is 5.29. The second-order valence-electron chi connectivity index (χ2n) is 4.27. The molecule has 0 bridgehead atoms. The average molecular weight is 259 g/mol. The van der Waals surface area contributed by atoms with Gasteiger partial charge in [0.2, 0.25) is 0 Å². The maximum absolute atomic E-state index is 5.70. The van der Waals surface area contributed by atoms with E-state index in [2.05, 4.69) is 14.9 Å². The zero-order chi connectivity index (χ0) is 12.4. The number of nitrogens with zero attached hydrogens (tertiary/aromatic N) is 3. The van der Waals surface area contributed by atoms with Crippen LogP contribution in [0.3, 0.4) is 0 Å². The van der Waals surface area contributed by atoms with Crippen molar-refractivity contribution >= 4 is 28.4 Å². The van der Waals surface area contributed by atoms with Gasteiger partial charge in [-0.3, -0.25) is 9.97 Å². The molecule has 2 heterocycles. The summed E-state index contributed by atoms with van der Waals surface area (Å²) in [6.45, 7) is 1.98. The fourth-order valence-corrected chi connectivity index (χ4v) is 2.35. The number of fused-ring (bicyclic) bond motifs is 1. The molecule has 0 aliphatic carbocycles. The lowest BCUT2D eigenvalue weighted by molar-refractivity contribution is 0.407. The molecule has 3 rings (SSSR count). The highest BCUT2D eigenvalue weighted by molar-refractivity contribution is 7.80. The van der Waals surface area contributed by atoms with E-state index in [0.717, 1.165) is 29.9 Å². The van der Waals surface area contributed by atoms with E-state index in [1.54, 1.807) is 12.4 Å². The monoisotopic (exact) mass is 259 g/mol. The smallest absolute Gasteiger partial charge is 0.264 e. The highest BCUT2D eigenvalue weighted by atomic mass is 32.1. The van der Waals surface area contributed by atoms with Crippen molar-refractivity contribution in [1.29, 1.82) is 0 Å². The van der Waals surface area contributed by atoms with Crippen LogP contribution in [0.1, 0.15) is 12.8 Å². The van der Waals surface area contributed by atoms with Gasteiger partial charge in [-0.2, -0.15) is 0 Å². The van der Waals surface area contributed by atoms with Crippen LogP contribution in [-0.2, 0) is 0 Å². The summed E-state index contributed by atoms with van der Waals surface area (Å²) in [5.41, 5.74) is 1.68. The van der Waals surface area contributed by atoms with Crippen LogP contribution in [0.25, 0.3) is 11.0 Å². The number of benzene rings is 1. The minimum absolute atomic E-state index is 0.552. The fourth-order valence-electron chi connectivity index (χ4n) is 2.07. The molecule has 1 aromatic heterocycles. The molecular weight excluding hydrogens is 246 g/mol. The summed E-state index contributed by atoms with van der Waals surface area (Å²) in [7, 11) is 0. The van der Waals surface area contributed by atoms with Crippen molar-refractivity contribution in [3.8, 4) is 5.75 Å². The molecule has 0 N–H and O–H groups in total. The minimum atomic E-state index is 0.552. The molecule has 4 nitrogen and oxygen atoms in total. The van der Waals surface area contributed by atoms with E-state index in [-0.39, 0.29) is 0 Å². The number of hydrogen-bond acceptors (Lipinski definition) is 4. The SMILES string of the molecule is S=C(Oc1ccc2nccnc2c1)N1CCCC1. The molecule has 2 aromatic rings. The van der Waals surface area contributed by atoms with Gasteiger partial charge in [-0.25, -0.2) is 0 Å². The van der Waals surface area contributed by atoms with Crippen molar-refractivity contribution in [3.05, 3.63) is 30.6 Å². The molecule has 0 amide bonds. The Labute approximate surface area is 111 Å². The van der Waals surface area contributed by atoms with Crippen molar-refractivity contribution < 1.29 is 4.74 Å². The molecule has 1 aliphatic heterocycles. The number of thiocarbonyl (C=S) groups is 1. The van der Waals surface area contributed by atoms with Crippen molar-refractivity contribution in [2.45, 2.75) is 12.8 Å². The van der Waals surface area contributed by atoms with E-state index in [4.69, 9.17) is 17.0 Å². The summed E-state index contributed by atoms with van der Waals surface area (Å²) in [6, 6.07) is 5.63. The Bertz CT molecular complexity index is 581. The minimum Gasteiger partial charge on any atom is -0.432 e. The molecule has 5 heteroatoms. The third-order valence-corrected chi connectivity index (χ3v) is 3.35.